The van der Waals surface area contributed by atoms with E-state index < -0.39 is 0 Å². The molecule has 4 nitrogen and oxygen atoms in total. The first-order valence-corrected chi connectivity index (χ1v) is 10.5. The molecule has 4 heteroatoms. The molecule has 148 valence electrons. The van der Waals surface area contributed by atoms with Gasteiger partial charge in [0.05, 0.1) is 13.2 Å². The van der Waals surface area contributed by atoms with Crippen LogP contribution in [0.25, 0.3) is 0 Å². The minimum atomic E-state index is 0.133. The van der Waals surface area contributed by atoms with E-state index in [2.05, 4.69) is 34.9 Å². The topological polar surface area (TPSA) is 50.4 Å². The number of amides is 1. The average molecular weight is 379 g/mol. The zero-order chi connectivity index (χ0) is 19.2. The van der Waals surface area contributed by atoms with Gasteiger partial charge in [0.25, 0.3) is 0 Å². The summed E-state index contributed by atoms with van der Waals surface area (Å²) in [5.41, 5.74) is 3.24. The third-order valence-electron chi connectivity index (χ3n) is 5.90. The van der Waals surface area contributed by atoms with Crippen LogP contribution in [0.3, 0.4) is 0 Å². The Morgan fingerprint density at radius 2 is 1.75 bits per heavy atom. The quantitative estimate of drug-likeness (QED) is 0.673. The fourth-order valence-corrected chi connectivity index (χ4v) is 4.58. The van der Waals surface area contributed by atoms with Gasteiger partial charge in [-0.2, -0.15) is 0 Å². The maximum Gasteiger partial charge on any atom is 0.224 e. The lowest BCUT2D eigenvalue weighted by Crippen LogP contribution is -2.39. The summed E-state index contributed by atoms with van der Waals surface area (Å²) in [4.78, 5) is 12.5. The molecular formula is C24H30N2O2. The van der Waals surface area contributed by atoms with E-state index in [0.29, 0.717) is 37.6 Å². The summed E-state index contributed by atoms with van der Waals surface area (Å²) >= 11 is 0. The Morgan fingerprint density at radius 1 is 1.00 bits per heavy atom. The number of hydrogen-bond donors (Lipinski definition) is 2. The van der Waals surface area contributed by atoms with Crippen LogP contribution in [0.1, 0.15) is 43.2 Å². The van der Waals surface area contributed by atoms with Gasteiger partial charge >= 0.3 is 0 Å². The second-order valence-electron chi connectivity index (χ2n) is 8.22. The number of nitrogens with one attached hydrogen (secondary N) is 2. The van der Waals surface area contributed by atoms with Crippen molar-refractivity contribution in [3.63, 3.8) is 0 Å². The number of carbonyl (C=O) groups excluding carboxylic acids is 1. The van der Waals surface area contributed by atoms with Gasteiger partial charge in [0, 0.05) is 24.2 Å². The van der Waals surface area contributed by atoms with Gasteiger partial charge in [-0.1, -0.05) is 42.5 Å². The number of benzene rings is 2. The van der Waals surface area contributed by atoms with E-state index in [1.807, 2.05) is 30.3 Å². The van der Waals surface area contributed by atoms with E-state index in [9.17, 15) is 4.79 Å². The van der Waals surface area contributed by atoms with Crippen molar-refractivity contribution in [2.75, 3.05) is 11.9 Å². The fourth-order valence-electron chi connectivity index (χ4n) is 4.58. The first-order chi connectivity index (χ1) is 13.7. The van der Waals surface area contributed by atoms with Crippen molar-refractivity contribution in [1.29, 1.82) is 0 Å². The van der Waals surface area contributed by atoms with Gasteiger partial charge in [-0.25, -0.2) is 0 Å². The molecule has 2 aliphatic rings. The molecule has 2 N–H and O–H groups in total. The monoisotopic (exact) mass is 378 g/mol. The predicted molar refractivity (Wildman–Crippen MR) is 112 cm³/mol. The van der Waals surface area contributed by atoms with E-state index >= 15 is 0 Å². The molecule has 28 heavy (non-hydrogen) atoms. The summed E-state index contributed by atoms with van der Waals surface area (Å²) < 4.78 is 5.82. The molecule has 1 amide bonds. The maximum atomic E-state index is 12.5. The van der Waals surface area contributed by atoms with E-state index in [4.69, 9.17) is 4.74 Å². The lowest BCUT2D eigenvalue weighted by molar-refractivity contribution is -0.117. The smallest absolute Gasteiger partial charge is 0.224 e. The van der Waals surface area contributed by atoms with Gasteiger partial charge in [0.1, 0.15) is 0 Å². The Bertz CT molecular complexity index is 765. The van der Waals surface area contributed by atoms with Crippen molar-refractivity contribution in [2.45, 2.75) is 57.2 Å². The molecular weight excluding hydrogens is 348 g/mol. The Balaban J connectivity index is 1.21. The second-order valence-corrected chi connectivity index (χ2v) is 8.22. The van der Waals surface area contributed by atoms with Gasteiger partial charge in [-0.3, -0.25) is 4.79 Å². The minimum Gasteiger partial charge on any atom is -0.376 e. The summed E-state index contributed by atoms with van der Waals surface area (Å²) in [6.45, 7) is 1.26. The van der Waals surface area contributed by atoms with Crippen molar-refractivity contribution in [3.8, 4) is 0 Å². The summed E-state index contributed by atoms with van der Waals surface area (Å²) in [6.07, 6.45) is 6.37. The second kappa shape index (κ2) is 9.35. The zero-order valence-electron chi connectivity index (χ0n) is 16.4. The van der Waals surface area contributed by atoms with Crippen LogP contribution < -0.4 is 10.6 Å². The Labute approximate surface area is 167 Å². The first-order valence-electron chi connectivity index (χ1n) is 10.5. The van der Waals surface area contributed by atoms with E-state index in [1.165, 1.54) is 18.4 Å². The summed E-state index contributed by atoms with van der Waals surface area (Å²) in [6, 6.07) is 19.6. The Kier molecular flexibility index (Phi) is 6.40. The van der Waals surface area contributed by atoms with Crippen molar-refractivity contribution in [3.05, 3.63) is 65.7 Å². The fraction of sp³-hybridized carbons (Fsp3) is 0.458. The molecule has 2 heterocycles. The van der Waals surface area contributed by atoms with Crippen LogP contribution in [0.15, 0.2) is 54.6 Å². The standard InChI is InChI=1S/C24H30N2O2/c27-24(16-20-14-22-9-10-23(15-20)25-22)26-21-8-4-7-19(13-21)17-28-12-11-18-5-2-1-3-6-18/h1-8,13,20,22-23,25H,9-12,14-17H2,(H,26,27). The van der Waals surface area contributed by atoms with Crippen LogP contribution in [0.4, 0.5) is 5.69 Å². The zero-order valence-corrected chi connectivity index (χ0v) is 16.4. The van der Waals surface area contributed by atoms with E-state index in [0.717, 1.165) is 30.5 Å². The minimum absolute atomic E-state index is 0.133. The lowest BCUT2D eigenvalue weighted by Gasteiger charge is -2.28. The molecule has 2 fully saturated rings. The molecule has 2 aromatic carbocycles. The molecule has 0 spiro atoms. The van der Waals surface area contributed by atoms with Crippen LogP contribution in [0.2, 0.25) is 0 Å². The number of hydrogen-bond acceptors (Lipinski definition) is 3. The molecule has 2 atom stereocenters. The number of rotatable bonds is 8. The largest absolute Gasteiger partial charge is 0.376 e. The molecule has 0 aliphatic carbocycles. The summed E-state index contributed by atoms with van der Waals surface area (Å²) in [7, 11) is 0. The van der Waals surface area contributed by atoms with E-state index in [1.54, 1.807) is 0 Å². The van der Waals surface area contributed by atoms with Gasteiger partial charge in [0.15, 0.2) is 0 Å². The summed E-state index contributed by atoms with van der Waals surface area (Å²) in [5, 5.41) is 6.72. The molecule has 0 saturated carbocycles. The van der Waals surface area contributed by atoms with E-state index in [-0.39, 0.29) is 5.91 Å². The van der Waals surface area contributed by atoms with Gasteiger partial charge < -0.3 is 15.4 Å². The van der Waals surface area contributed by atoms with Crippen LogP contribution in [0.5, 0.6) is 0 Å². The van der Waals surface area contributed by atoms with Crippen LogP contribution >= 0.6 is 0 Å². The Morgan fingerprint density at radius 3 is 2.54 bits per heavy atom. The first kappa shape index (κ1) is 19.2. The molecule has 0 aromatic heterocycles. The molecule has 2 aromatic rings. The van der Waals surface area contributed by atoms with Crippen molar-refractivity contribution in [2.24, 2.45) is 5.92 Å². The van der Waals surface area contributed by atoms with Crippen LogP contribution in [0, 0.1) is 5.92 Å². The molecule has 2 bridgehead atoms. The SMILES string of the molecule is O=C(CC1CC2CCC(C1)N2)Nc1cccc(COCCc2ccccc2)c1. The normalized spacial score (nSPS) is 23.5. The Hall–Kier alpha value is -2.17. The average Bonchev–Trinajstić information content (AvgIpc) is 3.04. The van der Waals surface area contributed by atoms with Gasteiger partial charge in [0.2, 0.25) is 5.91 Å². The maximum absolute atomic E-state index is 12.5. The van der Waals surface area contributed by atoms with Gasteiger partial charge in [-0.05, 0) is 61.3 Å². The van der Waals surface area contributed by atoms with Crippen LogP contribution in [-0.2, 0) is 22.6 Å². The van der Waals surface area contributed by atoms with Crippen LogP contribution in [-0.4, -0.2) is 24.6 Å². The molecule has 2 aliphatic heterocycles. The van der Waals surface area contributed by atoms with Crippen molar-refractivity contribution >= 4 is 11.6 Å². The third kappa shape index (κ3) is 5.43. The van der Waals surface area contributed by atoms with Crippen molar-refractivity contribution in [1.82, 2.24) is 5.32 Å². The molecule has 4 rings (SSSR count). The highest BCUT2D eigenvalue weighted by molar-refractivity contribution is 5.90. The third-order valence-corrected chi connectivity index (χ3v) is 5.90. The highest BCUT2D eigenvalue weighted by Gasteiger charge is 2.34. The predicted octanol–water partition coefficient (Wildman–Crippen LogP) is 4.31. The number of fused-ring (bicyclic) bond motifs is 2. The number of anilines is 1. The molecule has 2 unspecified atom stereocenters. The number of carbonyl (C=O) groups is 1. The highest BCUT2D eigenvalue weighted by atomic mass is 16.5. The number of piperidine rings is 1. The van der Waals surface area contributed by atoms with Crippen molar-refractivity contribution < 1.29 is 9.53 Å². The van der Waals surface area contributed by atoms with Gasteiger partial charge in [-0.15, -0.1) is 0 Å². The number of ether oxygens (including phenoxy) is 1. The molecule has 0 radical (unpaired) electrons. The lowest BCUT2D eigenvalue weighted by atomic mass is 9.89. The summed E-state index contributed by atoms with van der Waals surface area (Å²) in [5.74, 6) is 0.650. The molecule has 2 saturated heterocycles. The highest BCUT2D eigenvalue weighted by Crippen LogP contribution is 2.32.